The predicted octanol–water partition coefficient (Wildman–Crippen LogP) is 1.14. The molecule has 1 heterocycles. The summed E-state index contributed by atoms with van der Waals surface area (Å²) in [6, 6.07) is 6.97. The van der Waals surface area contributed by atoms with E-state index in [-0.39, 0.29) is 22.5 Å². The molecule has 98 valence electrons. The summed E-state index contributed by atoms with van der Waals surface area (Å²) in [7, 11) is -3.11. The molecule has 4 nitrogen and oxygen atoms in total. The number of benzene rings is 1. The maximum atomic E-state index is 11.4. The molecule has 2 rings (SSSR count). The molecule has 0 radical (unpaired) electrons. The van der Waals surface area contributed by atoms with Gasteiger partial charge in [0.2, 0.25) is 0 Å². The van der Waals surface area contributed by atoms with Crippen molar-refractivity contribution in [3.63, 3.8) is 0 Å². The van der Waals surface area contributed by atoms with Gasteiger partial charge in [-0.3, -0.25) is 4.79 Å². The second-order valence-corrected chi connectivity index (χ2v) is 7.85. The predicted molar refractivity (Wildman–Crippen MR) is 70.8 cm³/mol. The highest BCUT2D eigenvalue weighted by atomic mass is 32.2. The molecule has 1 N–H and O–H groups in total. The van der Waals surface area contributed by atoms with Gasteiger partial charge in [0, 0.05) is 10.5 Å². The van der Waals surface area contributed by atoms with Crippen LogP contribution in [0.2, 0.25) is 0 Å². The summed E-state index contributed by atoms with van der Waals surface area (Å²) < 4.78 is 22.7. The molecule has 0 aliphatic carbocycles. The molecule has 0 spiro atoms. The Hall–Kier alpha value is -0.850. The zero-order valence-corrected chi connectivity index (χ0v) is 11.5. The average molecular weight is 286 g/mol. The Balaban J connectivity index is 2.08. The lowest BCUT2D eigenvalue weighted by Crippen LogP contribution is -2.19. The molecule has 6 heteroatoms. The second kappa shape index (κ2) is 5.03. The number of aliphatic hydroxyl groups excluding tert-OH is 1. The minimum absolute atomic E-state index is 0.00460. The van der Waals surface area contributed by atoms with Crippen LogP contribution in [-0.4, -0.2) is 42.2 Å². The maximum Gasteiger partial charge on any atom is 0.159 e. The second-order valence-electron chi connectivity index (χ2n) is 4.38. The number of carbonyl (C=O) groups is 1. The van der Waals surface area contributed by atoms with Crippen molar-refractivity contribution >= 4 is 27.4 Å². The molecule has 0 aromatic heterocycles. The molecule has 2 atom stereocenters. The van der Waals surface area contributed by atoms with E-state index in [2.05, 4.69) is 0 Å². The van der Waals surface area contributed by atoms with Gasteiger partial charge >= 0.3 is 0 Å². The Morgan fingerprint density at radius 3 is 2.33 bits per heavy atom. The van der Waals surface area contributed by atoms with Crippen LogP contribution in [-0.2, 0) is 9.84 Å². The topological polar surface area (TPSA) is 71.4 Å². The molecule has 1 aromatic rings. The number of sulfone groups is 1. The number of ketones is 1. The molecular weight excluding hydrogens is 272 g/mol. The summed E-state index contributed by atoms with van der Waals surface area (Å²) >= 11 is 1.34. The van der Waals surface area contributed by atoms with Gasteiger partial charge in [0.05, 0.1) is 22.9 Å². The highest BCUT2D eigenvalue weighted by molar-refractivity contribution is 8.02. The molecule has 1 aromatic carbocycles. The van der Waals surface area contributed by atoms with Crippen LogP contribution >= 0.6 is 11.8 Å². The maximum absolute atomic E-state index is 11.4. The van der Waals surface area contributed by atoms with Crippen LogP contribution in [0.5, 0.6) is 0 Å². The largest absolute Gasteiger partial charge is 0.391 e. The fourth-order valence-corrected chi connectivity index (χ4v) is 5.38. The summed E-state index contributed by atoms with van der Waals surface area (Å²) in [5.74, 6) is -0.154. The number of aliphatic hydroxyl groups is 1. The molecule has 1 aliphatic rings. The van der Waals surface area contributed by atoms with Gasteiger partial charge in [-0.2, -0.15) is 0 Å². The summed E-state index contributed by atoms with van der Waals surface area (Å²) in [4.78, 5) is 12.0. The molecule has 1 aliphatic heterocycles. The Kier molecular flexibility index (Phi) is 3.79. The minimum atomic E-state index is -3.11. The first-order chi connectivity index (χ1) is 8.37. The van der Waals surface area contributed by atoms with E-state index in [9.17, 15) is 18.3 Å². The Morgan fingerprint density at radius 1 is 1.28 bits per heavy atom. The minimum Gasteiger partial charge on any atom is -0.391 e. The summed E-state index contributed by atoms with van der Waals surface area (Å²) in [6.07, 6.45) is -0.813. The smallest absolute Gasteiger partial charge is 0.159 e. The van der Waals surface area contributed by atoms with Crippen molar-refractivity contribution < 1.29 is 18.3 Å². The van der Waals surface area contributed by atoms with Gasteiger partial charge in [-0.15, -0.1) is 11.8 Å². The number of carbonyl (C=O) groups excluding carboxylic acids is 1. The van der Waals surface area contributed by atoms with Crippen LogP contribution < -0.4 is 0 Å². The first kappa shape index (κ1) is 13.6. The van der Waals surface area contributed by atoms with Crippen molar-refractivity contribution in [1.82, 2.24) is 0 Å². The van der Waals surface area contributed by atoms with E-state index in [1.54, 1.807) is 24.3 Å². The Bertz CT molecular complexity index is 548. The van der Waals surface area contributed by atoms with E-state index in [0.29, 0.717) is 5.56 Å². The van der Waals surface area contributed by atoms with Crippen molar-refractivity contribution in [3.05, 3.63) is 29.8 Å². The average Bonchev–Trinajstić information content (AvgIpc) is 2.52. The number of Topliss-reactive ketones (excluding diaryl/α,β-unsaturated/α-hetero) is 1. The van der Waals surface area contributed by atoms with Gasteiger partial charge in [-0.25, -0.2) is 8.42 Å². The van der Waals surface area contributed by atoms with Crippen molar-refractivity contribution in [2.75, 3.05) is 11.5 Å². The molecule has 18 heavy (non-hydrogen) atoms. The SMILES string of the molecule is CC(=O)c1ccc(SC2CS(=O)(=O)CC2O)cc1. The van der Waals surface area contributed by atoms with Gasteiger partial charge in [-0.1, -0.05) is 12.1 Å². The highest BCUT2D eigenvalue weighted by Gasteiger charge is 2.36. The van der Waals surface area contributed by atoms with Gasteiger partial charge in [0.15, 0.2) is 15.6 Å². The van der Waals surface area contributed by atoms with Gasteiger partial charge in [-0.05, 0) is 19.1 Å². The number of hydrogen-bond acceptors (Lipinski definition) is 5. The number of thioether (sulfide) groups is 1. The third-order valence-electron chi connectivity index (χ3n) is 2.82. The van der Waals surface area contributed by atoms with E-state index in [0.717, 1.165) is 4.90 Å². The number of hydrogen-bond donors (Lipinski definition) is 1. The first-order valence-corrected chi connectivity index (χ1v) is 8.24. The van der Waals surface area contributed by atoms with Crippen LogP contribution in [0.4, 0.5) is 0 Å². The van der Waals surface area contributed by atoms with Crippen molar-refractivity contribution in [2.24, 2.45) is 0 Å². The van der Waals surface area contributed by atoms with E-state index in [1.165, 1.54) is 18.7 Å². The Labute approximate surface area is 110 Å². The molecule has 0 saturated carbocycles. The van der Waals surface area contributed by atoms with E-state index in [1.807, 2.05) is 0 Å². The standard InChI is InChI=1S/C12H14O4S2/c1-8(13)9-2-4-10(5-3-9)17-12-7-18(15,16)6-11(12)14/h2-5,11-12,14H,6-7H2,1H3. The van der Waals surface area contributed by atoms with Gasteiger partial charge < -0.3 is 5.11 Å². The van der Waals surface area contributed by atoms with Crippen LogP contribution in [0, 0.1) is 0 Å². The molecular formula is C12H14O4S2. The third-order valence-corrected chi connectivity index (χ3v) is 6.08. The molecule has 0 bridgehead atoms. The molecule has 1 fully saturated rings. The molecule has 1 saturated heterocycles. The lowest BCUT2D eigenvalue weighted by Gasteiger charge is -2.12. The summed E-state index contributed by atoms with van der Waals surface area (Å²) in [6.45, 7) is 1.50. The number of rotatable bonds is 3. The molecule has 0 amide bonds. The van der Waals surface area contributed by atoms with E-state index >= 15 is 0 Å². The highest BCUT2D eigenvalue weighted by Crippen LogP contribution is 2.31. The normalized spacial score (nSPS) is 26.1. The lowest BCUT2D eigenvalue weighted by molar-refractivity contribution is 0.101. The first-order valence-electron chi connectivity index (χ1n) is 5.53. The van der Waals surface area contributed by atoms with Crippen LogP contribution in [0.3, 0.4) is 0 Å². The van der Waals surface area contributed by atoms with Crippen LogP contribution in [0.15, 0.2) is 29.2 Å². The zero-order valence-electron chi connectivity index (χ0n) is 9.87. The van der Waals surface area contributed by atoms with E-state index in [4.69, 9.17) is 0 Å². The van der Waals surface area contributed by atoms with Crippen molar-refractivity contribution in [1.29, 1.82) is 0 Å². The quantitative estimate of drug-likeness (QED) is 0.844. The summed E-state index contributed by atoms with van der Waals surface area (Å²) in [5, 5.41) is 9.35. The van der Waals surface area contributed by atoms with Crippen molar-refractivity contribution in [2.45, 2.75) is 23.2 Å². The van der Waals surface area contributed by atoms with Gasteiger partial charge in [0.1, 0.15) is 0 Å². The lowest BCUT2D eigenvalue weighted by atomic mass is 10.2. The fourth-order valence-electron chi connectivity index (χ4n) is 1.85. The van der Waals surface area contributed by atoms with Gasteiger partial charge in [0.25, 0.3) is 0 Å². The monoisotopic (exact) mass is 286 g/mol. The zero-order chi connectivity index (χ0) is 13.3. The van der Waals surface area contributed by atoms with Crippen molar-refractivity contribution in [3.8, 4) is 0 Å². The Morgan fingerprint density at radius 2 is 1.89 bits per heavy atom. The third kappa shape index (κ3) is 3.13. The summed E-state index contributed by atoms with van der Waals surface area (Å²) in [5.41, 5.74) is 0.624. The van der Waals surface area contributed by atoms with Crippen LogP contribution in [0.1, 0.15) is 17.3 Å². The fraction of sp³-hybridized carbons (Fsp3) is 0.417. The molecule has 2 unspecified atom stereocenters. The van der Waals surface area contributed by atoms with E-state index < -0.39 is 15.9 Å². The van der Waals surface area contributed by atoms with Crippen LogP contribution in [0.25, 0.3) is 0 Å².